The number of nitrogens with zero attached hydrogens (tertiary/aromatic N) is 5. The molecule has 2 N–H and O–H groups in total. The summed E-state index contributed by atoms with van der Waals surface area (Å²) in [4.78, 5) is 37.9. The Morgan fingerprint density at radius 1 is 1.18 bits per heavy atom. The van der Waals surface area contributed by atoms with Crippen molar-refractivity contribution in [2.45, 2.75) is 50.4 Å². The molecule has 0 amide bonds. The summed E-state index contributed by atoms with van der Waals surface area (Å²) in [6.07, 6.45) is 4.84. The molecule has 2 aliphatic rings. The molecule has 10 nitrogen and oxygen atoms in total. The Kier molecular flexibility index (Phi) is 7.17. The number of carbonyl (C=O) groups excluding carboxylic acids is 1. The zero-order valence-electron chi connectivity index (χ0n) is 21.6. The van der Waals surface area contributed by atoms with Gasteiger partial charge in [-0.1, -0.05) is 30.3 Å². The monoisotopic (exact) mass is 542 g/mol. The molecule has 2 aromatic heterocycles. The number of ketones is 1. The average Bonchev–Trinajstić information content (AvgIpc) is 3.65. The molecule has 0 radical (unpaired) electrons. The number of ether oxygens (including phenoxy) is 1. The summed E-state index contributed by atoms with van der Waals surface area (Å²) in [5.74, 6) is 1.22. The minimum atomic E-state index is -0.730. The van der Waals surface area contributed by atoms with Crippen molar-refractivity contribution in [3.05, 3.63) is 62.3 Å². The first-order valence-electron chi connectivity index (χ1n) is 12.7. The number of Topliss-reactive ketones (excluding diaryl/α,β-unsaturated/α-hetero) is 1. The predicted molar refractivity (Wildman–Crippen MR) is 141 cm³/mol. The lowest BCUT2D eigenvalue weighted by atomic mass is 9.84. The second kappa shape index (κ2) is 10.4. The van der Waals surface area contributed by atoms with Crippen LogP contribution in [-0.2, 0) is 20.7 Å². The fourth-order valence-corrected chi connectivity index (χ4v) is 6.93. The maximum absolute atomic E-state index is 14.2. The number of para-hydroxylation sites is 1. The Hall–Kier alpha value is -3.41. The predicted octanol–water partition coefficient (Wildman–Crippen LogP) is 2.95. The van der Waals surface area contributed by atoms with Crippen LogP contribution in [0.5, 0.6) is 5.75 Å². The van der Waals surface area contributed by atoms with Crippen molar-refractivity contribution in [3.8, 4) is 5.75 Å². The highest BCUT2D eigenvalue weighted by molar-refractivity contribution is 7.99. The van der Waals surface area contributed by atoms with Crippen molar-refractivity contribution in [1.29, 1.82) is 0 Å². The summed E-state index contributed by atoms with van der Waals surface area (Å²) in [6, 6.07) is 6.23. The van der Waals surface area contributed by atoms with E-state index in [0.29, 0.717) is 22.8 Å². The van der Waals surface area contributed by atoms with Crippen LogP contribution in [0.25, 0.3) is 0 Å². The van der Waals surface area contributed by atoms with Crippen molar-refractivity contribution >= 4 is 23.4 Å². The number of hydrogen-bond acceptors (Lipinski definition) is 8. The van der Waals surface area contributed by atoms with E-state index in [1.54, 1.807) is 18.2 Å². The summed E-state index contributed by atoms with van der Waals surface area (Å²) >= 11 is 1.16. The molecule has 4 atom stereocenters. The second-order valence-corrected chi connectivity index (χ2v) is 11.2. The smallest absolute Gasteiger partial charge is 0.332 e. The van der Waals surface area contributed by atoms with Crippen LogP contribution in [0.15, 0.2) is 39.0 Å². The Balaban J connectivity index is 1.41. The lowest BCUT2D eigenvalue weighted by Gasteiger charge is -2.30. The number of halogens is 1. The van der Waals surface area contributed by atoms with Gasteiger partial charge < -0.3 is 10.5 Å². The fourth-order valence-electron chi connectivity index (χ4n) is 6.02. The zero-order chi connectivity index (χ0) is 27.1. The lowest BCUT2D eigenvalue weighted by molar-refractivity contribution is 0.102. The van der Waals surface area contributed by atoms with Gasteiger partial charge in [0.15, 0.2) is 28.3 Å². The van der Waals surface area contributed by atoms with E-state index in [1.807, 2.05) is 4.57 Å². The fraction of sp³-hybridized carbons (Fsp3) is 0.500. The van der Waals surface area contributed by atoms with Gasteiger partial charge in [0.2, 0.25) is 0 Å². The summed E-state index contributed by atoms with van der Waals surface area (Å²) in [5.41, 5.74) is 4.41. The van der Waals surface area contributed by atoms with Gasteiger partial charge in [0.05, 0.1) is 5.75 Å². The number of aromatic nitrogens is 5. The van der Waals surface area contributed by atoms with Gasteiger partial charge in [0.1, 0.15) is 18.0 Å². The molecule has 0 spiro atoms. The van der Waals surface area contributed by atoms with E-state index >= 15 is 0 Å². The van der Waals surface area contributed by atoms with Crippen LogP contribution in [0.1, 0.15) is 54.8 Å². The van der Waals surface area contributed by atoms with E-state index in [2.05, 4.69) is 17.1 Å². The minimum absolute atomic E-state index is 0.0158. The van der Waals surface area contributed by atoms with E-state index in [0.717, 1.165) is 33.2 Å². The number of rotatable bonds is 9. The SMILES string of the molecule is CC(C1CC2CCC1C2)n1c(COc2ccccc2F)nnc1SCC(=O)c1c(N)n(C)c(=O)n(C)c1=O. The highest BCUT2D eigenvalue weighted by atomic mass is 32.2. The minimum Gasteiger partial charge on any atom is -0.483 e. The molecular formula is C26H31FN6O4S. The maximum atomic E-state index is 14.2. The number of fused-ring (bicyclic) bond motifs is 2. The van der Waals surface area contributed by atoms with Crippen molar-refractivity contribution in [2.75, 3.05) is 11.5 Å². The van der Waals surface area contributed by atoms with Crippen LogP contribution in [0.2, 0.25) is 0 Å². The summed E-state index contributed by atoms with van der Waals surface area (Å²) < 4.78 is 23.8. The van der Waals surface area contributed by atoms with Crippen LogP contribution in [-0.4, -0.2) is 35.4 Å². The number of carbonyl (C=O) groups is 1. The second-order valence-electron chi connectivity index (χ2n) is 10.2. The third-order valence-corrected chi connectivity index (χ3v) is 9.01. The Bertz CT molecular complexity index is 1500. The van der Waals surface area contributed by atoms with Gasteiger partial charge in [-0.2, -0.15) is 0 Å². The van der Waals surface area contributed by atoms with Crippen LogP contribution >= 0.6 is 11.8 Å². The molecule has 12 heteroatoms. The molecule has 5 rings (SSSR count). The van der Waals surface area contributed by atoms with Crippen molar-refractivity contribution in [2.24, 2.45) is 31.8 Å². The van der Waals surface area contributed by atoms with Crippen molar-refractivity contribution < 1.29 is 13.9 Å². The normalized spacial score (nSPS) is 21.1. The first-order chi connectivity index (χ1) is 18.2. The highest BCUT2D eigenvalue weighted by Gasteiger charge is 2.43. The molecule has 2 bridgehead atoms. The number of nitrogens with two attached hydrogens (primary N) is 1. The van der Waals surface area contributed by atoms with E-state index in [1.165, 1.54) is 39.4 Å². The number of nitrogen functional groups attached to an aromatic ring is 1. The van der Waals surface area contributed by atoms with E-state index in [4.69, 9.17) is 10.5 Å². The van der Waals surface area contributed by atoms with Gasteiger partial charge in [0, 0.05) is 20.1 Å². The average molecular weight is 543 g/mol. The lowest BCUT2D eigenvalue weighted by Crippen LogP contribution is -2.41. The van der Waals surface area contributed by atoms with Gasteiger partial charge in [0.25, 0.3) is 5.56 Å². The van der Waals surface area contributed by atoms with E-state index in [-0.39, 0.29) is 35.5 Å². The van der Waals surface area contributed by atoms with Crippen LogP contribution in [0, 0.1) is 23.6 Å². The first-order valence-corrected chi connectivity index (χ1v) is 13.7. The van der Waals surface area contributed by atoms with Crippen molar-refractivity contribution in [1.82, 2.24) is 23.9 Å². The van der Waals surface area contributed by atoms with Gasteiger partial charge in [-0.15, -0.1) is 10.2 Å². The number of anilines is 1. The molecule has 2 fully saturated rings. The van der Waals surface area contributed by atoms with Crippen molar-refractivity contribution in [3.63, 3.8) is 0 Å². The summed E-state index contributed by atoms with van der Waals surface area (Å²) in [7, 11) is 2.72. The molecule has 2 saturated carbocycles. The molecule has 202 valence electrons. The third kappa shape index (κ3) is 4.65. The maximum Gasteiger partial charge on any atom is 0.332 e. The molecule has 1 aromatic carbocycles. The number of benzene rings is 1. The van der Waals surface area contributed by atoms with Gasteiger partial charge in [-0.25, -0.2) is 9.18 Å². The molecule has 3 aromatic rings. The molecule has 38 heavy (non-hydrogen) atoms. The third-order valence-electron chi connectivity index (χ3n) is 8.07. The van der Waals surface area contributed by atoms with Crippen LogP contribution in [0.3, 0.4) is 0 Å². The highest BCUT2D eigenvalue weighted by Crippen LogP contribution is 2.52. The number of hydrogen-bond donors (Lipinski definition) is 1. The summed E-state index contributed by atoms with van der Waals surface area (Å²) in [5, 5.41) is 9.20. The Morgan fingerprint density at radius 2 is 1.95 bits per heavy atom. The molecule has 2 heterocycles. The van der Waals surface area contributed by atoms with E-state index in [9.17, 15) is 18.8 Å². The molecule has 2 aliphatic carbocycles. The quantitative estimate of drug-likeness (QED) is 0.323. The Labute approximate surface area is 223 Å². The number of thioether (sulfide) groups is 1. The molecular weight excluding hydrogens is 511 g/mol. The zero-order valence-corrected chi connectivity index (χ0v) is 22.4. The molecule has 4 unspecified atom stereocenters. The molecule has 0 saturated heterocycles. The topological polar surface area (TPSA) is 127 Å². The van der Waals surface area contributed by atoms with Gasteiger partial charge >= 0.3 is 5.69 Å². The van der Waals surface area contributed by atoms with E-state index < -0.39 is 22.8 Å². The standard InChI is InChI=1S/C26H31FN6O4S/c1-14(17-11-15-8-9-16(17)10-15)33-21(12-37-20-7-5-4-6-18(20)27)29-30-25(33)38-13-19(34)22-23(28)31(2)26(36)32(3)24(22)35/h4-7,14-17H,8-13,28H2,1-3H3. The van der Waals surface area contributed by atoms with Crippen LogP contribution in [0.4, 0.5) is 10.2 Å². The van der Waals surface area contributed by atoms with Crippen LogP contribution < -0.4 is 21.7 Å². The summed E-state index contributed by atoms with van der Waals surface area (Å²) in [6.45, 7) is 2.15. The Morgan fingerprint density at radius 3 is 2.63 bits per heavy atom. The van der Waals surface area contributed by atoms with Gasteiger partial charge in [-0.05, 0) is 56.1 Å². The largest absolute Gasteiger partial charge is 0.483 e. The molecule has 0 aliphatic heterocycles. The van der Waals surface area contributed by atoms with Gasteiger partial charge in [-0.3, -0.25) is 23.3 Å². The first kappa shape index (κ1) is 26.2.